The molecule has 10 nitrogen and oxygen atoms in total. The molecular weight excluding hydrogens is 537 g/mol. The number of nitrogens with zero attached hydrogens (tertiary/aromatic N) is 2. The topological polar surface area (TPSA) is 138 Å². The minimum Gasteiger partial charge on any atom is -0.475 e. The largest absolute Gasteiger partial charge is 0.490 e. The minimum atomic E-state index is -5.08. The van der Waals surface area contributed by atoms with Gasteiger partial charge in [-0.3, -0.25) is 0 Å². The number of likely N-dealkylation sites (tertiary alicyclic amines) is 1. The first kappa shape index (κ1) is 31.0. The Bertz CT molecular complexity index is 1290. The lowest BCUT2D eigenvalue weighted by atomic mass is 9.89. The number of sulfonamides is 2. The molecule has 0 bridgehead atoms. The highest BCUT2D eigenvalue weighted by Crippen LogP contribution is 2.35. The maximum absolute atomic E-state index is 11.9. The lowest BCUT2D eigenvalue weighted by molar-refractivity contribution is -0.192. The third kappa shape index (κ3) is 9.25. The van der Waals surface area contributed by atoms with Crippen LogP contribution in [0.5, 0.6) is 0 Å². The number of aromatic nitrogens is 1. The number of carbonyl (C=O) groups is 1. The number of rotatable bonds is 9. The van der Waals surface area contributed by atoms with E-state index in [9.17, 15) is 30.0 Å². The van der Waals surface area contributed by atoms with Gasteiger partial charge < -0.3 is 14.6 Å². The average Bonchev–Trinajstić information content (AvgIpc) is 3.20. The zero-order chi connectivity index (χ0) is 28.0. The van der Waals surface area contributed by atoms with E-state index in [0.29, 0.717) is 18.9 Å². The fourth-order valence-electron chi connectivity index (χ4n) is 4.03. The van der Waals surface area contributed by atoms with Gasteiger partial charge in [-0.15, -0.1) is 0 Å². The number of carboxylic acid groups (broad SMARTS) is 1. The number of halogens is 3. The van der Waals surface area contributed by atoms with Crippen molar-refractivity contribution in [3.63, 3.8) is 0 Å². The summed E-state index contributed by atoms with van der Waals surface area (Å²) in [6.45, 7) is 2.44. The number of aryl methyl sites for hydroxylation is 2. The predicted molar refractivity (Wildman–Crippen MR) is 134 cm³/mol. The van der Waals surface area contributed by atoms with Crippen LogP contribution in [0.1, 0.15) is 29.9 Å². The van der Waals surface area contributed by atoms with E-state index in [1.807, 2.05) is 16.7 Å². The number of carboxylic acids is 1. The Hall–Kier alpha value is -2.20. The highest BCUT2D eigenvalue weighted by atomic mass is 32.2. The van der Waals surface area contributed by atoms with Crippen LogP contribution in [0, 0.1) is 0 Å². The highest BCUT2D eigenvalue weighted by Gasteiger charge is 2.38. The first-order valence-corrected chi connectivity index (χ1v) is 14.8. The highest BCUT2D eigenvalue weighted by molar-refractivity contribution is 7.89. The van der Waals surface area contributed by atoms with E-state index in [0.717, 1.165) is 42.4 Å². The molecule has 1 aromatic carbocycles. The molecule has 0 radical (unpaired) electrons. The lowest BCUT2D eigenvalue weighted by Gasteiger charge is -2.28. The van der Waals surface area contributed by atoms with Crippen molar-refractivity contribution in [2.45, 2.75) is 37.9 Å². The van der Waals surface area contributed by atoms with Crippen molar-refractivity contribution >= 4 is 36.9 Å². The summed E-state index contributed by atoms with van der Waals surface area (Å²) < 4.78 is 85.9. The summed E-state index contributed by atoms with van der Waals surface area (Å²) in [4.78, 5) is 11.2. The number of alkyl halides is 3. The molecule has 1 aliphatic rings. The molecule has 3 N–H and O–H groups in total. The molecule has 37 heavy (non-hydrogen) atoms. The summed E-state index contributed by atoms with van der Waals surface area (Å²) in [6, 6.07) is 6.01. The monoisotopic (exact) mass is 570 g/mol. The SMILES string of the molecule is CNS(=O)(=O)CCc1ccc2c(c1)c(C1CCN(C)CC1)cn2CCS(=O)(=O)NC.O=C(O)C(F)(F)F. The Kier molecular flexibility index (Phi) is 10.5. The van der Waals surface area contributed by atoms with Crippen LogP contribution in [-0.4, -0.2) is 89.3 Å². The lowest BCUT2D eigenvalue weighted by Crippen LogP contribution is -2.29. The molecule has 2 aromatic rings. The van der Waals surface area contributed by atoms with Gasteiger partial charge in [0.2, 0.25) is 20.0 Å². The van der Waals surface area contributed by atoms with Crippen LogP contribution in [0.2, 0.25) is 0 Å². The van der Waals surface area contributed by atoms with E-state index in [1.54, 1.807) is 0 Å². The van der Waals surface area contributed by atoms with E-state index in [1.165, 1.54) is 19.7 Å². The van der Waals surface area contributed by atoms with Gasteiger partial charge >= 0.3 is 12.1 Å². The molecule has 1 fully saturated rings. The number of nitrogens with one attached hydrogen (secondary N) is 2. The molecule has 210 valence electrons. The van der Waals surface area contributed by atoms with Gasteiger partial charge in [-0.25, -0.2) is 31.1 Å². The maximum Gasteiger partial charge on any atom is 0.490 e. The van der Waals surface area contributed by atoms with Gasteiger partial charge in [0, 0.05) is 23.6 Å². The fourth-order valence-corrected chi connectivity index (χ4v) is 5.38. The molecule has 0 unspecified atom stereocenters. The summed E-state index contributed by atoms with van der Waals surface area (Å²) in [5, 5.41) is 8.23. The van der Waals surface area contributed by atoms with Gasteiger partial charge in [-0.1, -0.05) is 6.07 Å². The Morgan fingerprint density at radius 3 is 2.11 bits per heavy atom. The van der Waals surface area contributed by atoms with Crippen molar-refractivity contribution < 1.29 is 39.9 Å². The smallest absolute Gasteiger partial charge is 0.475 e. The number of hydrogen-bond donors (Lipinski definition) is 3. The number of aliphatic carboxylic acids is 1. The van der Waals surface area contributed by atoms with Crippen LogP contribution in [-0.2, 0) is 37.8 Å². The number of hydrogen-bond acceptors (Lipinski definition) is 6. The van der Waals surface area contributed by atoms with Gasteiger partial charge in [-0.2, -0.15) is 13.2 Å². The molecule has 3 rings (SSSR count). The van der Waals surface area contributed by atoms with Crippen LogP contribution in [0.25, 0.3) is 10.9 Å². The van der Waals surface area contributed by atoms with Crippen LogP contribution >= 0.6 is 0 Å². The summed E-state index contributed by atoms with van der Waals surface area (Å²) in [6.07, 6.45) is -0.434. The second-order valence-corrected chi connectivity index (χ2v) is 12.9. The van der Waals surface area contributed by atoms with Gasteiger partial charge in [0.05, 0.1) is 11.5 Å². The van der Waals surface area contributed by atoms with Crippen LogP contribution in [0.3, 0.4) is 0 Å². The zero-order valence-electron chi connectivity index (χ0n) is 20.9. The Morgan fingerprint density at radius 1 is 1.05 bits per heavy atom. The van der Waals surface area contributed by atoms with Gasteiger partial charge in [0.1, 0.15) is 0 Å². The summed E-state index contributed by atoms with van der Waals surface area (Å²) in [7, 11) is -1.58. The molecule has 0 saturated carbocycles. The molecule has 0 amide bonds. The van der Waals surface area contributed by atoms with E-state index in [-0.39, 0.29) is 11.5 Å². The second kappa shape index (κ2) is 12.6. The maximum atomic E-state index is 11.9. The minimum absolute atomic E-state index is 0.0162. The van der Waals surface area contributed by atoms with Crippen LogP contribution in [0.4, 0.5) is 13.2 Å². The quantitative estimate of drug-likeness (QED) is 0.418. The van der Waals surface area contributed by atoms with E-state index in [4.69, 9.17) is 9.90 Å². The van der Waals surface area contributed by atoms with Gasteiger partial charge in [0.25, 0.3) is 0 Å². The third-order valence-corrected chi connectivity index (χ3v) is 8.97. The normalized spacial score (nSPS) is 15.9. The number of fused-ring (bicyclic) bond motifs is 1. The van der Waals surface area contributed by atoms with Crippen molar-refractivity contribution in [1.82, 2.24) is 18.9 Å². The van der Waals surface area contributed by atoms with Crippen LogP contribution < -0.4 is 9.44 Å². The second-order valence-electron chi connectivity index (χ2n) is 8.81. The van der Waals surface area contributed by atoms with Crippen molar-refractivity contribution in [2.75, 3.05) is 45.7 Å². The average molecular weight is 571 g/mol. The van der Waals surface area contributed by atoms with Gasteiger partial charge in [0.15, 0.2) is 0 Å². The molecule has 2 heterocycles. The summed E-state index contributed by atoms with van der Waals surface area (Å²) >= 11 is 0. The molecular formula is C22H33F3N4O6S2. The fraction of sp³-hybridized carbons (Fsp3) is 0.591. The summed E-state index contributed by atoms with van der Waals surface area (Å²) in [5.74, 6) is -2.28. The van der Waals surface area contributed by atoms with Crippen molar-refractivity contribution in [3.8, 4) is 0 Å². The Morgan fingerprint density at radius 2 is 1.59 bits per heavy atom. The number of benzene rings is 1. The Labute approximate surface area is 214 Å². The molecule has 1 saturated heterocycles. The van der Waals surface area contributed by atoms with E-state index in [2.05, 4.69) is 33.7 Å². The molecule has 0 spiro atoms. The predicted octanol–water partition coefficient (Wildman–Crippen LogP) is 1.72. The third-order valence-electron chi connectivity index (χ3n) is 6.26. The molecule has 1 aromatic heterocycles. The number of piperidine rings is 1. The van der Waals surface area contributed by atoms with Gasteiger partial charge in [-0.05, 0) is 82.7 Å². The first-order valence-electron chi connectivity index (χ1n) is 11.5. The van der Waals surface area contributed by atoms with E-state index >= 15 is 0 Å². The zero-order valence-corrected chi connectivity index (χ0v) is 22.5. The molecule has 15 heteroatoms. The molecule has 0 atom stereocenters. The van der Waals surface area contributed by atoms with Crippen LogP contribution in [0.15, 0.2) is 24.4 Å². The molecule has 1 aliphatic heterocycles. The van der Waals surface area contributed by atoms with Crippen molar-refractivity contribution in [3.05, 3.63) is 35.5 Å². The standard InChI is InChI=1S/C20H32N4O4S2.C2HF3O2/c1-21-29(25,26)12-8-16-4-5-20-18(14-16)19(17-6-9-23(3)10-7-17)15-24(20)11-13-30(27,28)22-2;3-2(4,5)1(6)7/h4-5,14-15,17,21-22H,6-13H2,1-3H3;(H,6,7). The summed E-state index contributed by atoms with van der Waals surface area (Å²) in [5.41, 5.74) is 3.20. The molecule has 0 aliphatic carbocycles. The van der Waals surface area contributed by atoms with Crippen molar-refractivity contribution in [2.24, 2.45) is 0 Å². The van der Waals surface area contributed by atoms with E-state index < -0.39 is 32.2 Å². The Balaban J connectivity index is 0.000000604. The first-order chi connectivity index (χ1) is 17.1. The van der Waals surface area contributed by atoms with Crippen molar-refractivity contribution in [1.29, 1.82) is 0 Å².